The van der Waals surface area contributed by atoms with Crippen molar-refractivity contribution in [3.05, 3.63) is 21.3 Å². The van der Waals surface area contributed by atoms with Gasteiger partial charge in [-0.25, -0.2) is 0 Å². The molecule has 0 aromatic rings. The molecule has 0 aromatic carbocycles. The maximum absolute atomic E-state index is 4.63. The van der Waals surface area contributed by atoms with Crippen LogP contribution in [0.25, 0.3) is 21.3 Å². The smallest absolute Gasteiger partial charge is 0 e. The minimum absolute atomic E-state index is 0. The molecule has 0 aliphatic heterocycles. The van der Waals surface area contributed by atoms with Gasteiger partial charge in [-0.1, -0.05) is 101 Å². The van der Waals surface area contributed by atoms with Crippen LogP contribution in [0.15, 0.2) is 0 Å². The average molecular weight is 428 g/mol. The Balaban J connectivity index is -0.000000430. The van der Waals surface area contributed by atoms with E-state index in [1.807, 2.05) is 0 Å². The molecular weight excluding hydrogens is 379 g/mol. The monoisotopic (exact) mass is 427 g/mol. The van der Waals surface area contributed by atoms with Crippen LogP contribution in [0.5, 0.6) is 0 Å². The molecular formula is C22H48CoN4-4. The van der Waals surface area contributed by atoms with Crippen molar-refractivity contribution in [2.45, 2.75) is 113 Å². The molecule has 1 radical (unpaired) electrons. The summed E-state index contributed by atoms with van der Waals surface area (Å²) in [5, 5.41) is 18.0. The van der Waals surface area contributed by atoms with E-state index in [0.717, 1.165) is 19.5 Å². The van der Waals surface area contributed by atoms with Crippen molar-refractivity contribution in [1.29, 1.82) is 0 Å². The van der Waals surface area contributed by atoms with Gasteiger partial charge in [0.2, 0.25) is 0 Å². The molecule has 0 N–H and O–H groups in total. The third-order valence-electron chi connectivity index (χ3n) is 3.34. The second kappa shape index (κ2) is 16.2. The van der Waals surface area contributed by atoms with Crippen LogP contribution in [0.4, 0.5) is 0 Å². The zero-order chi connectivity index (χ0) is 21.0. The molecule has 0 aromatic heterocycles. The van der Waals surface area contributed by atoms with Gasteiger partial charge in [-0.3, -0.25) is 6.67 Å². The fourth-order valence-electron chi connectivity index (χ4n) is 1.88. The van der Waals surface area contributed by atoms with Gasteiger partial charge in [-0.15, -0.1) is 36.3 Å². The van der Waals surface area contributed by atoms with E-state index < -0.39 is 0 Å². The van der Waals surface area contributed by atoms with Crippen LogP contribution in [0.3, 0.4) is 0 Å². The van der Waals surface area contributed by atoms with Crippen molar-refractivity contribution >= 4 is 0 Å². The summed E-state index contributed by atoms with van der Waals surface area (Å²) < 4.78 is 0. The van der Waals surface area contributed by atoms with Crippen LogP contribution in [-0.4, -0.2) is 42.9 Å². The van der Waals surface area contributed by atoms with E-state index in [-0.39, 0.29) is 27.9 Å². The molecule has 0 saturated heterocycles. The molecule has 4 nitrogen and oxygen atoms in total. The Hall–Kier alpha value is 0.346. The molecule has 0 fully saturated rings. The predicted octanol–water partition coefficient (Wildman–Crippen LogP) is 7.50. The molecule has 0 rings (SSSR count). The Morgan fingerprint density at radius 2 is 0.889 bits per heavy atom. The summed E-state index contributed by atoms with van der Waals surface area (Å²) in [7, 11) is 0. The molecule has 0 amide bonds. The minimum Gasteiger partial charge on any atom is -0.676 e. The molecule has 2 unspecified atom stereocenters. The molecule has 27 heavy (non-hydrogen) atoms. The Morgan fingerprint density at radius 3 is 1.11 bits per heavy atom. The zero-order valence-corrected chi connectivity index (χ0v) is 21.3. The fourth-order valence-corrected chi connectivity index (χ4v) is 1.88. The van der Waals surface area contributed by atoms with Crippen molar-refractivity contribution in [2.75, 3.05) is 19.8 Å². The van der Waals surface area contributed by atoms with E-state index >= 15 is 0 Å². The van der Waals surface area contributed by atoms with Gasteiger partial charge in [0.15, 0.2) is 0 Å². The predicted molar refractivity (Wildman–Crippen MR) is 121 cm³/mol. The van der Waals surface area contributed by atoms with Crippen LogP contribution in [-0.2, 0) is 16.8 Å². The molecule has 0 heterocycles. The third-order valence-corrected chi connectivity index (χ3v) is 3.34. The van der Waals surface area contributed by atoms with Gasteiger partial charge in [-0.05, 0) is 0 Å². The Labute approximate surface area is 182 Å². The number of nitrogens with zero attached hydrogens (tertiary/aromatic N) is 4. The first-order valence-electron chi connectivity index (χ1n) is 10.3. The first kappa shape index (κ1) is 32.0. The minimum atomic E-state index is 0. The van der Waals surface area contributed by atoms with Crippen LogP contribution in [0.1, 0.15) is 89.5 Å². The summed E-state index contributed by atoms with van der Waals surface area (Å²) in [6, 6.07) is 0.914. The standard InChI is InChI=1S/C13H28N2.C9H20N2.Co/c1-10(2)8-14-12(5)7-13(6)15-9-11(3)4;1-8(2,3)10-7-11-9(4,5)6;/h10-13H,7-9H2,1-6H3;7H2,1-6H3;/q2*-2;. The van der Waals surface area contributed by atoms with Gasteiger partial charge in [-0.2, -0.15) is 0 Å². The molecule has 0 saturated carbocycles. The van der Waals surface area contributed by atoms with E-state index in [1.54, 1.807) is 0 Å². The van der Waals surface area contributed by atoms with Crippen molar-refractivity contribution in [2.24, 2.45) is 11.8 Å². The Bertz CT molecular complexity index is 289. The first-order valence-corrected chi connectivity index (χ1v) is 10.3. The first-order chi connectivity index (χ1) is 11.6. The van der Waals surface area contributed by atoms with Gasteiger partial charge in [0.1, 0.15) is 0 Å². The van der Waals surface area contributed by atoms with E-state index in [2.05, 4.69) is 104 Å². The Morgan fingerprint density at radius 1 is 0.593 bits per heavy atom. The largest absolute Gasteiger partial charge is 0.676 e. The summed E-state index contributed by atoms with van der Waals surface area (Å²) in [5.74, 6) is 1.35. The van der Waals surface area contributed by atoms with E-state index in [0.29, 0.717) is 30.6 Å². The molecule has 169 valence electrons. The number of hydrogen-bond donors (Lipinski definition) is 0. The summed E-state index contributed by atoms with van der Waals surface area (Å²) in [6.07, 6.45) is 1.10. The third kappa shape index (κ3) is 31.3. The summed E-state index contributed by atoms with van der Waals surface area (Å²) in [6.45, 7) is 28.4. The van der Waals surface area contributed by atoms with Gasteiger partial charge in [0, 0.05) is 16.8 Å². The molecule has 0 aliphatic carbocycles. The maximum atomic E-state index is 4.63. The number of hydrogen-bond acceptors (Lipinski definition) is 0. The zero-order valence-electron chi connectivity index (χ0n) is 20.3. The van der Waals surface area contributed by atoms with Gasteiger partial charge >= 0.3 is 0 Å². The fraction of sp³-hybridized carbons (Fsp3) is 1.00. The molecule has 0 bridgehead atoms. The SMILES string of the molecule is CC(C)(C)[N-]C[N-]C(C)(C)C.CC(C)C[N-]C(C)CC(C)[N-]CC(C)C.[Co]. The van der Waals surface area contributed by atoms with E-state index in [9.17, 15) is 0 Å². The quantitative estimate of drug-likeness (QED) is 0.347. The van der Waals surface area contributed by atoms with Crippen molar-refractivity contribution in [1.82, 2.24) is 0 Å². The second-order valence-electron chi connectivity index (χ2n) is 10.3. The maximum Gasteiger partial charge on any atom is 0 e. The normalized spacial score (nSPS) is 14.4. The second-order valence-corrected chi connectivity index (χ2v) is 10.3. The topological polar surface area (TPSA) is 56.4 Å². The number of rotatable bonds is 10. The summed E-state index contributed by atoms with van der Waals surface area (Å²) in [4.78, 5) is 0. The summed E-state index contributed by atoms with van der Waals surface area (Å²) >= 11 is 0. The summed E-state index contributed by atoms with van der Waals surface area (Å²) in [5.41, 5.74) is 0.101. The van der Waals surface area contributed by atoms with Crippen LogP contribution in [0, 0.1) is 11.8 Å². The van der Waals surface area contributed by atoms with Crippen molar-refractivity contribution in [3.63, 3.8) is 0 Å². The van der Waals surface area contributed by atoms with Crippen LogP contribution >= 0.6 is 0 Å². The van der Waals surface area contributed by atoms with Crippen molar-refractivity contribution in [3.8, 4) is 0 Å². The molecule has 2 atom stereocenters. The average Bonchev–Trinajstić information content (AvgIpc) is 2.40. The molecule has 0 aliphatic rings. The van der Waals surface area contributed by atoms with Crippen LogP contribution in [0.2, 0.25) is 0 Å². The van der Waals surface area contributed by atoms with Crippen molar-refractivity contribution < 1.29 is 16.8 Å². The molecule has 0 spiro atoms. The van der Waals surface area contributed by atoms with E-state index in [4.69, 9.17) is 0 Å². The van der Waals surface area contributed by atoms with E-state index in [1.165, 1.54) is 0 Å². The Kier molecular flexibility index (Phi) is 19.2. The molecule has 5 heteroatoms. The van der Waals surface area contributed by atoms with Gasteiger partial charge in [0.05, 0.1) is 0 Å². The van der Waals surface area contributed by atoms with Crippen LogP contribution < -0.4 is 0 Å². The van der Waals surface area contributed by atoms with Gasteiger partial charge in [0.25, 0.3) is 0 Å². The van der Waals surface area contributed by atoms with Gasteiger partial charge < -0.3 is 21.3 Å².